The Morgan fingerprint density at radius 1 is 0.429 bits per heavy atom. The lowest BCUT2D eigenvalue weighted by molar-refractivity contribution is 1.05. The Morgan fingerprint density at radius 3 is 1.83 bits per heavy atom. The fraction of sp³-hybridized carbons (Fsp3) is 0. The molecule has 4 heteroatoms. The molecule has 9 aromatic rings. The second-order valence-electron chi connectivity index (χ2n) is 10.7. The molecule has 0 atom stereocenters. The molecule has 0 bridgehead atoms. The molecule has 6 aromatic carbocycles. The summed E-state index contributed by atoms with van der Waals surface area (Å²) in [6, 6.07) is 47.3. The zero-order valence-corrected chi connectivity index (χ0v) is 22.6. The second kappa shape index (κ2) is 8.88. The standard InChI is InChI=1S/C38H24N4/c1-3-11-25(12-4-1)33-23-40-37(24-39-33)42-35-18-10-7-15-28(35)30-20-19-26-21-32-29-16-8-9-17-34(29)41(27-13-5-2-6-14-27)36(32)22-31(26)38(30)42/h1-24H. The topological polar surface area (TPSA) is 35.6 Å². The SMILES string of the molecule is c1ccc(-c2cnc(-n3c4ccccc4c4ccc5cc6c7ccccc7n(-c7ccccc7)c6cc5c43)cn2)cc1. The van der Waals surface area contributed by atoms with Crippen molar-refractivity contribution in [3.05, 3.63) is 146 Å². The van der Waals surface area contributed by atoms with Crippen LogP contribution in [0.25, 0.3) is 77.1 Å². The number of hydrogen-bond donors (Lipinski definition) is 0. The van der Waals surface area contributed by atoms with E-state index in [1.165, 1.54) is 43.4 Å². The molecule has 0 amide bonds. The van der Waals surface area contributed by atoms with Crippen LogP contribution in [0.3, 0.4) is 0 Å². The summed E-state index contributed by atoms with van der Waals surface area (Å²) in [5.41, 5.74) is 7.71. The molecular formula is C38H24N4. The highest BCUT2D eigenvalue weighted by Gasteiger charge is 2.19. The Balaban J connectivity index is 1.39. The quantitative estimate of drug-likeness (QED) is 0.225. The molecule has 3 aromatic heterocycles. The third-order valence-corrected chi connectivity index (χ3v) is 8.39. The van der Waals surface area contributed by atoms with Gasteiger partial charge in [-0.15, -0.1) is 0 Å². The van der Waals surface area contributed by atoms with Crippen molar-refractivity contribution in [2.75, 3.05) is 0 Å². The summed E-state index contributed by atoms with van der Waals surface area (Å²) in [5.74, 6) is 0.803. The summed E-state index contributed by atoms with van der Waals surface area (Å²) in [6.07, 6.45) is 3.77. The zero-order chi connectivity index (χ0) is 27.6. The maximum absolute atomic E-state index is 4.96. The molecule has 0 saturated heterocycles. The van der Waals surface area contributed by atoms with Gasteiger partial charge in [0.2, 0.25) is 0 Å². The fourth-order valence-corrected chi connectivity index (χ4v) is 6.53. The van der Waals surface area contributed by atoms with E-state index in [-0.39, 0.29) is 0 Å². The van der Waals surface area contributed by atoms with E-state index in [4.69, 9.17) is 9.97 Å². The van der Waals surface area contributed by atoms with Crippen molar-refractivity contribution in [3.8, 4) is 22.8 Å². The highest BCUT2D eigenvalue weighted by molar-refractivity contribution is 6.22. The summed E-state index contributed by atoms with van der Waals surface area (Å²) < 4.78 is 4.65. The van der Waals surface area contributed by atoms with E-state index in [9.17, 15) is 0 Å². The molecule has 3 heterocycles. The predicted molar refractivity (Wildman–Crippen MR) is 174 cm³/mol. The van der Waals surface area contributed by atoms with Crippen molar-refractivity contribution in [2.24, 2.45) is 0 Å². The van der Waals surface area contributed by atoms with E-state index in [1.807, 2.05) is 30.6 Å². The molecule has 0 unspecified atom stereocenters. The molecular weight excluding hydrogens is 512 g/mol. The number of nitrogens with zero attached hydrogens (tertiary/aromatic N) is 4. The van der Waals surface area contributed by atoms with Gasteiger partial charge in [0.1, 0.15) is 0 Å². The van der Waals surface area contributed by atoms with Crippen LogP contribution in [0.15, 0.2) is 146 Å². The number of fused-ring (bicyclic) bond motifs is 8. The van der Waals surface area contributed by atoms with Crippen molar-refractivity contribution in [1.29, 1.82) is 0 Å². The first-order valence-corrected chi connectivity index (χ1v) is 14.2. The summed E-state index contributed by atoms with van der Waals surface area (Å²) >= 11 is 0. The van der Waals surface area contributed by atoms with Gasteiger partial charge in [-0.1, -0.05) is 97.1 Å². The highest BCUT2D eigenvalue weighted by atomic mass is 15.1. The lowest BCUT2D eigenvalue weighted by Gasteiger charge is -2.11. The molecule has 0 aliphatic heterocycles. The average molecular weight is 537 g/mol. The molecule has 4 nitrogen and oxygen atoms in total. The maximum Gasteiger partial charge on any atom is 0.156 e. The lowest BCUT2D eigenvalue weighted by Crippen LogP contribution is -1.99. The van der Waals surface area contributed by atoms with Crippen molar-refractivity contribution < 1.29 is 0 Å². The van der Waals surface area contributed by atoms with E-state index in [0.29, 0.717) is 0 Å². The van der Waals surface area contributed by atoms with Crippen LogP contribution in [0.2, 0.25) is 0 Å². The molecule has 42 heavy (non-hydrogen) atoms. The molecule has 9 rings (SSSR count). The van der Waals surface area contributed by atoms with Gasteiger partial charge >= 0.3 is 0 Å². The van der Waals surface area contributed by atoms with Gasteiger partial charge in [-0.25, -0.2) is 4.98 Å². The van der Waals surface area contributed by atoms with Gasteiger partial charge in [0.05, 0.1) is 40.2 Å². The van der Waals surface area contributed by atoms with E-state index >= 15 is 0 Å². The Morgan fingerprint density at radius 2 is 1.10 bits per heavy atom. The molecule has 0 aliphatic carbocycles. The van der Waals surface area contributed by atoms with Crippen molar-refractivity contribution >= 4 is 54.4 Å². The molecule has 0 aliphatic rings. The third-order valence-electron chi connectivity index (χ3n) is 8.39. The number of aromatic nitrogens is 4. The van der Waals surface area contributed by atoms with Crippen LogP contribution in [0, 0.1) is 0 Å². The van der Waals surface area contributed by atoms with Crippen molar-refractivity contribution in [3.63, 3.8) is 0 Å². The Bertz CT molecular complexity index is 2430. The third kappa shape index (κ3) is 3.29. The Hall–Kier alpha value is -5.74. The van der Waals surface area contributed by atoms with E-state index < -0.39 is 0 Å². The van der Waals surface area contributed by atoms with E-state index in [2.05, 4.69) is 124 Å². The number of benzene rings is 6. The Labute approximate surface area is 241 Å². The van der Waals surface area contributed by atoms with Crippen LogP contribution >= 0.6 is 0 Å². The smallest absolute Gasteiger partial charge is 0.156 e. The summed E-state index contributed by atoms with van der Waals surface area (Å²) in [5, 5.41) is 7.28. The monoisotopic (exact) mass is 536 g/mol. The first-order chi connectivity index (χ1) is 20.8. The summed E-state index contributed by atoms with van der Waals surface area (Å²) in [4.78, 5) is 9.81. The number of para-hydroxylation sites is 3. The summed E-state index contributed by atoms with van der Waals surface area (Å²) in [7, 11) is 0. The molecule has 0 spiro atoms. The van der Waals surface area contributed by atoms with Crippen LogP contribution in [-0.2, 0) is 0 Å². The van der Waals surface area contributed by atoms with Gasteiger partial charge in [0, 0.05) is 38.2 Å². The van der Waals surface area contributed by atoms with Gasteiger partial charge in [0.15, 0.2) is 5.82 Å². The van der Waals surface area contributed by atoms with Gasteiger partial charge < -0.3 is 4.57 Å². The van der Waals surface area contributed by atoms with Gasteiger partial charge in [-0.3, -0.25) is 9.55 Å². The molecule has 0 N–H and O–H groups in total. The molecule has 0 radical (unpaired) electrons. The van der Waals surface area contributed by atoms with Gasteiger partial charge in [0.25, 0.3) is 0 Å². The molecule has 0 fully saturated rings. The average Bonchev–Trinajstić information content (AvgIpc) is 3.57. The first-order valence-electron chi connectivity index (χ1n) is 14.2. The van der Waals surface area contributed by atoms with Crippen LogP contribution in [0.1, 0.15) is 0 Å². The number of rotatable bonds is 3. The minimum Gasteiger partial charge on any atom is -0.309 e. The minimum atomic E-state index is 0.803. The van der Waals surface area contributed by atoms with Crippen molar-refractivity contribution in [1.82, 2.24) is 19.1 Å². The van der Waals surface area contributed by atoms with Crippen LogP contribution in [0.4, 0.5) is 0 Å². The zero-order valence-electron chi connectivity index (χ0n) is 22.6. The van der Waals surface area contributed by atoms with Gasteiger partial charge in [-0.2, -0.15) is 0 Å². The van der Waals surface area contributed by atoms with Crippen LogP contribution in [-0.4, -0.2) is 19.1 Å². The van der Waals surface area contributed by atoms with E-state index in [1.54, 1.807) is 0 Å². The second-order valence-corrected chi connectivity index (χ2v) is 10.7. The minimum absolute atomic E-state index is 0.803. The number of hydrogen-bond acceptors (Lipinski definition) is 2. The normalized spacial score (nSPS) is 11.8. The molecule has 196 valence electrons. The van der Waals surface area contributed by atoms with Crippen LogP contribution < -0.4 is 0 Å². The Kier molecular flexibility index (Phi) is 4.87. The lowest BCUT2D eigenvalue weighted by atomic mass is 10.0. The summed E-state index contributed by atoms with van der Waals surface area (Å²) in [6.45, 7) is 0. The van der Waals surface area contributed by atoms with Crippen LogP contribution in [0.5, 0.6) is 0 Å². The van der Waals surface area contributed by atoms with Crippen molar-refractivity contribution in [2.45, 2.75) is 0 Å². The first kappa shape index (κ1) is 23.0. The van der Waals surface area contributed by atoms with Gasteiger partial charge in [-0.05, 0) is 41.8 Å². The fourth-order valence-electron chi connectivity index (χ4n) is 6.53. The molecule has 0 saturated carbocycles. The highest BCUT2D eigenvalue weighted by Crippen LogP contribution is 2.40. The maximum atomic E-state index is 4.96. The van der Waals surface area contributed by atoms with E-state index in [0.717, 1.165) is 33.8 Å². The predicted octanol–water partition coefficient (Wildman–Crippen LogP) is 9.49. The largest absolute Gasteiger partial charge is 0.309 e.